The molecular formula is C31H30F3N5O. The molecule has 1 aliphatic heterocycles. The lowest BCUT2D eigenvalue weighted by molar-refractivity contribution is -0.137. The van der Waals surface area contributed by atoms with E-state index in [1.165, 1.54) is 12.1 Å². The third kappa shape index (κ3) is 5.97. The van der Waals surface area contributed by atoms with Gasteiger partial charge in [-0.3, -0.25) is 4.90 Å². The van der Waals surface area contributed by atoms with Crippen LogP contribution in [-0.4, -0.2) is 42.6 Å². The molecule has 0 unspecified atom stereocenters. The van der Waals surface area contributed by atoms with E-state index in [4.69, 9.17) is 4.42 Å². The Labute approximate surface area is 231 Å². The molecule has 1 fully saturated rings. The fourth-order valence-electron chi connectivity index (χ4n) is 4.91. The highest BCUT2D eigenvalue weighted by Gasteiger charge is 2.30. The smallest absolute Gasteiger partial charge is 0.416 e. The number of halogens is 3. The van der Waals surface area contributed by atoms with Crippen molar-refractivity contribution in [1.29, 1.82) is 5.26 Å². The Morgan fingerprint density at radius 2 is 1.73 bits per heavy atom. The molecule has 1 aliphatic rings. The van der Waals surface area contributed by atoms with Crippen LogP contribution in [0.4, 0.5) is 24.5 Å². The number of anilines is 2. The molecule has 2 heterocycles. The summed E-state index contributed by atoms with van der Waals surface area (Å²) in [6, 6.07) is 18.9. The summed E-state index contributed by atoms with van der Waals surface area (Å²) >= 11 is 0. The summed E-state index contributed by atoms with van der Waals surface area (Å²) in [6.07, 6.45) is -4.32. The van der Waals surface area contributed by atoms with Gasteiger partial charge in [0.1, 0.15) is 5.52 Å². The van der Waals surface area contributed by atoms with Crippen LogP contribution in [0.1, 0.15) is 36.5 Å². The number of rotatable bonds is 7. The van der Waals surface area contributed by atoms with E-state index in [-0.39, 0.29) is 5.92 Å². The highest BCUT2D eigenvalue weighted by atomic mass is 19.4. The zero-order valence-electron chi connectivity index (χ0n) is 22.4. The van der Waals surface area contributed by atoms with E-state index < -0.39 is 11.7 Å². The van der Waals surface area contributed by atoms with Crippen LogP contribution in [-0.2, 0) is 6.18 Å². The molecule has 3 aromatic carbocycles. The molecule has 1 aromatic heterocycles. The monoisotopic (exact) mass is 545 g/mol. The quantitative estimate of drug-likeness (QED) is 0.264. The van der Waals surface area contributed by atoms with Gasteiger partial charge in [0.25, 0.3) is 0 Å². The van der Waals surface area contributed by atoms with Gasteiger partial charge < -0.3 is 14.6 Å². The minimum absolute atomic E-state index is 0.196. The fraction of sp³-hybridized carbons (Fsp3) is 0.290. The second kappa shape index (κ2) is 11.1. The normalized spacial score (nSPS) is 14.5. The number of oxazole rings is 1. The van der Waals surface area contributed by atoms with Crippen molar-refractivity contribution in [3.05, 3.63) is 89.6 Å². The third-order valence-corrected chi connectivity index (χ3v) is 7.07. The van der Waals surface area contributed by atoms with Crippen molar-refractivity contribution in [3.63, 3.8) is 0 Å². The lowest BCUT2D eigenvalue weighted by Gasteiger charge is -2.36. The van der Waals surface area contributed by atoms with E-state index in [1.54, 1.807) is 6.07 Å². The number of fused-ring (bicyclic) bond motifs is 1. The van der Waals surface area contributed by atoms with Crippen molar-refractivity contribution in [2.24, 2.45) is 0 Å². The van der Waals surface area contributed by atoms with Gasteiger partial charge >= 0.3 is 6.18 Å². The maximum Gasteiger partial charge on any atom is 0.416 e. The number of nitriles is 1. The van der Waals surface area contributed by atoms with Crippen LogP contribution in [0.3, 0.4) is 0 Å². The highest BCUT2D eigenvalue weighted by molar-refractivity contribution is 5.81. The summed E-state index contributed by atoms with van der Waals surface area (Å²) in [6.45, 7) is 12.0. The first-order valence-electron chi connectivity index (χ1n) is 13.1. The largest absolute Gasteiger partial charge is 0.436 e. The lowest BCUT2D eigenvalue weighted by Crippen LogP contribution is -2.47. The van der Waals surface area contributed by atoms with Crippen molar-refractivity contribution in [1.82, 2.24) is 9.88 Å². The van der Waals surface area contributed by atoms with Crippen molar-refractivity contribution in [3.8, 4) is 17.5 Å². The molecule has 206 valence electrons. The molecule has 40 heavy (non-hydrogen) atoms. The van der Waals surface area contributed by atoms with E-state index in [1.807, 2.05) is 30.3 Å². The minimum atomic E-state index is -4.32. The van der Waals surface area contributed by atoms with Gasteiger partial charge in [-0.2, -0.15) is 18.4 Å². The van der Waals surface area contributed by atoms with Crippen LogP contribution in [0.2, 0.25) is 0 Å². The molecule has 0 bridgehead atoms. The molecule has 0 atom stereocenters. The Balaban J connectivity index is 1.16. The van der Waals surface area contributed by atoms with Crippen LogP contribution in [0, 0.1) is 11.3 Å². The molecule has 6 nitrogen and oxygen atoms in total. The lowest BCUT2D eigenvalue weighted by atomic mass is 10.00. The Morgan fingerprint density at radius 3 is 2.33 bits per heavy atom. The number of piperazine rings is 1. The van der Waals surface area contributed by atoms with E-state index in [9.17, 15) is 18.4 Å². The second-order valence-corrected chi connectivity index (χ2v) is 10.3. The van der Waals surface area contributed by atoms with E-state index in [0.29, 0.717) is 29.1 Å². The molecule has 0 aliphatic carbocycles. The van der Waals surface area contributed by atoms with Gasteiger partial charge in [0.15, 0.2) is 5.58 Å². The molecule has 1 N–H and O–H groups in total. The van der Waals surface area contributed by atoms with Gasteiger partial charge in [0, 0.05) is 60.9 Å². The second-order valence-electron chi connectivity index (χ2n) is 10.3. The Kier molecular flexibility index (Phi) is 7.55. The predicted molar refractivity (Wildman–Crippen MR) is 151 cm³/mol. The number of alkyl halides is 3. The topological polar surface area (TPSA) is 68.3 Å². The van der Waals surface area contributed by atoms with Crippen molar-refractivity contribution in [2.45, 2.75) is 25.9 Å². The van der Waals surface area contributed by atoms with E-state index >= 15 is 0 Å². The minimum Gasteiger partial charge on any atom is -0.436 e. The van der Waals surface area contributed by atoms with Gasteiger partial charge in [-0.05, 0) is 66.6 Å². The van der Waals surface area contributed by atoms with E-state index in [0.717, 1.165) is 66.5 Å². The summed E-state index contributed by atoms with van der Waals surface area (Å²) in [5, 5.41) is 12.7. The molecular weight excluding hydrogens is 515 g/mol. The summed E-state index contributed by atoms with van der Waals surface area (Å²) in [4.78, 5) is 9.00. The Bertz CT molecular complexity index is 1540. The van der Waals surface area contributed by atoms with Crippen molar-refractivity contribution < 1.29 is 17.6 Å². The summed E-state index contributed by atoms with van der Waals surface area (Å²) in [5.74, 6) is 0.699. The maximum atomic E-state index is 12.8. The number of nitrogens with one attached hydrogen (secondary N) is 1. The third-order valence-electron chi connectivity index (χ3n) is 7.07. The van der Waals surface area contributed by atoms with Crippen molar-refractivity contribution >= 4 is 22.5 Å². The van der Waals surface area contributed by atoms with Crippen molar-refractivity contribution in [2.75, 3.05) is 42.9 Å². The van der Waals surface area contributed by atoms with Gasteiger partial charge in [-0.1, -0.05) is 20.4 Å². The van der Waals surface area contributed by atoms with Crippen LogP contribution in [0.25, 0.3) is 22.6 Å². The van der Waals surface area contributed by atoms with Gasteiger partial charge in [-0.15, -0.1) is 0 Å². The standard InChI is InChI=1S/C31H30F3N5O/c1-20(2)27-16-22(18-35)17-28-29(27)40-30(37-28)23-4-8-25(9-5-23)36-21(3)19-38-12-14-39(15-13-38)26-10-6-24(7-11-26)31(32,33)34/h4-11,16-17,20,36H,3,12-15,19H2,1-2H3. The first-order chi connectivity index (χ1) is 19.1. The Morgan fingerprint density at radius 1 is 1.05 bits per heavy atom. The first-order valence-corrected chi connectivity index (χ1v) is 13.1. The molecule has 4 aromatic rings. The molecule has 9 heteroatoms. The predicted octanol–water partition coefficient (Wildman–Crippen LogP) is 7.26. The zero-order chi connectivity index (χ0) is 28.4. The van der Waals surface area contributed by atoms with Crippen LogP contribution < -0.4 is 10.2 Å². The number of benzene rings is 3. The van der Waals surface area contributed by atoms with Gasteiger partial charge in [0.05, 0.1) is 17.2 Å². The van der Waals surface area contributed by atoms with Crippen LogP contribution in [0.5, 0.6) is 0 Å². The molecule has 0 amide bonds. The number of nitrogens with zero attached hydrogens (tertiary/aromatic N) is 4. The average Bonchev–Trinajstić information content (AvgIpc) is 3.37. The number of aromatic nitrogens is 1. The maximum absolute atomic E-state index is 12.8. The molecule has 0 radical (unpaired) electrons. The molecule has 0 saturated carbocycles. The number of hydrogen-bond acceptors (Lipinski definition) is 6. The van der Waals surface area contributed by atoms with E-state index in [2.05, 4.69) is 46.6 Å². The summed E-state index contributed by atoms with van der Waals surface area (Å²) < 4.78 is 44.6. The summed E-state index contributed by atoms with van der Waals surface area (Å²) in [7, 11) is 0. The van der Waals surface area contributed by atoms with Gasteiger partial charge in [0.2, 0.25) is 5.89 Å². The fourth-order valence-corrected chi connectivity index (χ4v) is 4.91. The molecule has 0 spiro atoms. The van der Waals surface area contributed by atoms with Crippen LogP contribution >= 0.6 is 0 Å². The Hall–Kier alpha value is -4.29. The number of hydrogen-bond donors (Lipinski definition) is 1. The first kappa shape index (κ1) is 27.3. The average molecular weight is 546 g/mol. The SMILES string of the molecule is C=C(CN1CCN(c2ccc(C(F)(F)F)cc2)CC1)Nc1ccc(-c2nc3cc(C#N)cc(C(C)C)c3o2)cc1. The zero-order valence-corrected chi connectivity index (χ0v) is 22.4. The van der Waals surface area contributed by atoms with Gasteiger partial charge in [-0.25, -0.2) is 4.98 Å². The highest BCUT2D eigenvalue weighted by Crippen LogP contribution is 2.33. The molecule has 1 saturated heterocycles. The van der Waals surface area contributed by atoms with Crippen LogP contribution in [0.15, 0.2) is 77.4 Å². The summed E-state index contributed by atoms with van der Waals surface area (Å²) in [5.41, 5.74) is 5.65. The molecule has 5 rings (SSSR count).